The fraction of sp³-hybridized carbons (Fsp3) is 0.550. The maximum absolute atomic E-state index is 14.2. The smallest absolute Gasteiger partial charge is 0.256 e. The van der Waals surface area contributed by atoms with Crippen molar-refractivity contribution in [1.82, 2.24) is 20.1 Å². The molecule has 4 rings (SSSR count). The van der Waals surface area contributed by atoms with Crippen LogP contribution in [-0.2, 0) is 6.42 Å². The van der Waals surface area contributed by atoms with E-state index in [1.807, 2.05) is 0 Å². The Hall–Kier alpha value is -1.95. The molecule has 2 aliphatic rings. The highest BCUT2D eigenvalue weighted by atomic mass is 35.5. The lowest BCUT2D eigenvalue weighted by atomic mass is 9.76. The Labute approximate surface area is 163 Å². The number of likely N-dealkylation sites (tertiary alicyclic amines) is 1. The number of halogens is 2. The van der Waals surface area contributed by atoms with E-state index in [9.17, 15) is 9.18 Å². The molecule has 2 fully saturated rings. The van der Waals surface area contributed by atoms with Crippen LogP contribution >= 0.6 is 11.6 Å². The average Bonchev–Trinajstić information content (AvgIpc) is 3.38. The van der Waals surface area contributed by atoms with Crippen LogP contribution < -0.4 is 0 Å². The van der Waals surface area contributed by atoms with Gasteiger partial charge in [-0.3, -0.25) is 9.89 Å². The molecule has 1 N–H and O–H groups in total. The highest BCUT2D eigenvalue weighted by Gasteiger charge is 2.51. The van der Waals surface area contributed by atoms with E-state index in [0.29, 0.717) is 18.1 Å². The molecule has 1 amide bonds. The van der Waals surface area contributed by atoms with Crippen molar-refractivity contribution < 1.29 is 9.18 Å². The number of H-pyrrole nitrogens is 1. The zero-order valence-corrected chi connectivity index (χ0v) is 16.2. The first-order valence-corrected chi connectivity index (χ1v) is 10.1. The Morgan fingerprint density at radius 1 is 1.41 bits per heavy atom. The lowest BCUT2D eigenvalue weighted by Gasteiger charge is -2.27. The normalized spacial score (nSPS) is 21.3. The van der Waals surface area contributed by atoms with Crippen LogP contribution in [0.4, 0.5) is 4.39 Å². The number of carbonyl (C=O) groups excluding carboxylic acids is 1. The van der Waals surface area contributed by atoms with Crippen molar-refractivity contribution in [3.8, 4) is 0 Å². The number of nitrogens with zero attached hydrogens (tertiary/aromatic N) is 3. The summed E-state index contributed by atoms with van der Waals surface area (Å²) < 4.78 is 14.2. The third-order valence-corrected chi connectivity index (χ3v) is 6.28. The van der Waals surface area contributed by atoms with E-state index >= 15 is 0 Å². The Morgan fingerprint density at radius 2 is 2.19 bits per heavy atom. The Balaban J connectivity index is 1.63. The number of aryl methyl sites for hydroxylation is 1. The fourth-order valence-electron chi connectivity index (χ4n) is 4.71. The predicted molar refractivity (Wildman–Crippen MR) is 101 cm³/mol. The van der Waals surface area contributed by atoms with Gasteiger partial charge in [0.1, 0.15) is 11.6 Å². The summed E-state index contributed by atoms with van der Waals surface area (Å²) in [6.07, 6.45) is 6.27. The maximum Gasteiger partial charge on any atom is 0.256 e. The molecule has 1 spiro atoms. The number of benzene rings is 1. The number of hydrogen-bond acceptors (Lipinski definition) is 3. The molecule has 1 aromatic heterocycles. The highest BCUT2D eigenvalue weighted by molar-refractivity contribution is 6.31. The zero-order valence-electron chi connectivity index (χ0n) is 15.5. The molecule has 2 aromatic rings. The molecule has 1 saturated carbocycles. The lowest BCUT2D eigenvalue weighted by molar-refractivity contribution is 0.0768. The van der Waals surface area contributed by atoms with E-state index < -0.39 is 5.82 Å². The molecule has 5 nitrogen and oxygen atoms in total. The minimum absolute atomic E-state index is 0.00358. The van der Waals surface area contributed by atoms with Crippen LogP contribution in [-0.4, -0.2) is 39.1 Å². The van der Waals surface area contributed by atoms with E-state index in [0.717, 1.165) is 50.2 Å². The van der Waals surface area contributed by atoms with Crippen molar-refractivity contribution in [3.05, 3.63) is 46.3 Å². The largest absolute Gasteiger partial charge is 0.337 e. The number of aromatic nitrogens is 3. The summed E-state index contributed by atoms with van der Waals surface area (Å²) in [6.45, 7) is 3.25. The van der Waals surface area contributed by atoms with Crippen molar-refractivity contribution in [1.29, 1.82) is 0 Å². The van der Waals surface area contributed by atoms with Crippen LogP contribution in [0.25, 0.3) is 0 Å². The van der Waals surface area contributed by atoms with Gasteiger partial charge < -0.3 is 4.90 Å². The third kappa shape index (κ3) is 3.35. The number of amides is 1. The molecule has 2 heterocycles. The Bertz CT molecular complexity index is 846. The van der Waals surface area contributed by atoms with Gasteiger partial charge in [-0.25, -0.2) is 9.37 Å². The number of aromatic amines is 1. The molecule has 1 aliphatic carbocycles. The van der Waals surface area contributed by atoms with Gasteiger partial charge in [0.05, 0.1) is 5.56 Å². The van der Waals surface area contributed by atoms with Crippen molar-refractivity contribution in [2.45, 2.75) is 51.4 Å². The summed E-state index contributed by atoms with van der Waals surface area (Å²) >= 11 is 5.98. The van der Waals surface area contributed by atoms with Gasteiger partial charge in [-0.1, -0.05) is 31.4 Å². The topological polar surface area (TPSA) is 61.9 Å². The van der Waals surface area contributed by atoms with Crippen LogP contribution in [0.5, 0.6) is 0 Å². The van der Waals surface area contributed by atoms with Crippen molar-refractivity contribution in [2.24, 2.45) is 5.41 Å². The zero-order chi connectivity index (χ0) is 19.0. The summed E-state index contributed by atoms with van der Waals surface area (Å²) in [5, 5.41) is 7.87. The summed E-state index contributed by atoms with van der Waals surface area (Å²) in [4.78, 5) is 19.5. The van der Waals surface area contributed by atoms with Gasteiger partial charge >= 0.3 is 0 Å². The minimum Gasteiger partial charge on any atom is -0.337 e. The van der Waals surface area contributed by atoms with Gasteiger partial charge in [-0.05, 0) is 42.9 Å². The molecule has 0 radical (unpaired) electrons. The highest BCUT2D eigenvalue weighted by Crippen LogP contribution is 2.53. The molecule has 1 saturated heterocycles. The van der Waals surface area contributed by atoms with Crippen LogP contribution in [0.3, 0.4) is 0 Å². The number of rotatable bonds is 4. The average molecular weight is 391 g/mol. The SMILES string of the molecule is CCCc1nc(C2CN(C(=O)c3cc(Cl)ccc3F)CC23CCCC3)n[nH]1. The number of carbonyl (C=O) groups is 1. The van der Waals surface area contributed by atoms with E-state index in [-0.39, 0.29) is 22.8 Å². The van der Waals surface area contributed by atoms with Crippen molar-refractivity contribution in [3.63, 3.8) is 0 Å². The van der Waals surface area contributed by atoms with Gasteiger partial charge in [0.15, 0.2) is 5.82 Å². The van der Waals surface area contributed by atoms with Gasteiger partial charge in [0.25, 0.3) is 5.91 Å². The quantitative estimate of drug-likeness (QED) is 0.844. The molecule has 7 heteroatoms. The molecule has 0 bridgehead atoms. The first kappa shape index (κ1) is 18.4. The molecular weight excluding hydrogens is 367 g/mol. The molecule has 1 aromatic carbocycles. The maximum atomic E-state index is 14.2. The lowest BCUT2D eigenvalue weighted by Crippen LogP contribution is -2.31. The van der Waals surface area contributed by atoms with E-state index in [4.69, 9.17) is 16.6 Å². The Kier molecular flexibility index (Phi) is 4.93. The van der Waals surface area contributed by atoms with Crippen LogP contribution in [0, 0.1) is 11.2 Å². The molecule has 1 unspecified atom stereocenters. The number of hydrogen-bond donors (Lipinski definition) is 1. The van der Waals surface area contributed by atoms with Gasteiger partial charge in [-0.15, -0.1) is 0 Å². The van der Waals surface area contributed by atoms with Gasteiger partial charge in [-0.2, -0.15) is 5.10 Å². The van der Waals surface area contributed by atoms with Crippen LogP contribution in [0.15, 0.2) is 18.2 Å². The van der Waals surface area contributed by atoms with Crippen molar-refractivity contribution in [2.75, 3.05) is 13.1 Å². The number of nitrogens with one attached hydrogen (secondary N) is 1. The van der Waals surface area contributed by atoms with E-state index in [2.05, 4.69) is 17.1 Å². The van der Waals surface area contributed by atoms with E-state index in [1.54, 1.807) is 4.90 Å². The minimum atomic E-state index is -0.531. The van der Waals surface area contributed by atoms with Crippen molar-refractivity contribution >= 4 is 17.5 Å². The summed E-state index contributed by atoms with van der Waals surface area (Å²) in [7, 11) is 0. The summed E-state index contributed by atoms with van der Waals surface area (Å²) in [6, 6.07) is 4.13. The molecule has 27 heavy (non-hydrogen) atoms. The van der Waals surface area contributed by atoms with Crippen LogP contribution in [0.2, 0.25) is 5.02 Å². The first-order valence-electron chi connectivity index (χ1n) is 9.68. The molecule has 144 valence electrons. The summed E-state index contributed by atoms with van der Waals surface area (Å²) in [5.74, 6) is 0.950. The monoisotopic (exact) mass is 390 g/mol. The second kappa shape index (κ2) is 7.23. The molecule has 1 aliphatic heterocycles. The summed E-state index contributed by atoms with van der Waals surface area (Å²) in [5.41, 5.74) is 0.0362. The predicted octanol–water partition coefficient (Wildman–Crippen LogP) is 4.35. The molecular formula is C20H24ClFN4O. The van der Waals surface area contributed by atoms with Gasteiger partial charge in [0.2, 0.25) is 0 Å². The standard InChI is InChI=1S/C20H24ClFN4O/c1-2-5-17-23-18(25-24-17)15-11-26(12-20(15)8-3-4-9-20)19(27)14-10-13(21)6-7-16(14)22/h6-7,10,15H,2-5,8-9,11-12H2,1H3,(H,23,24,25). The molecule has 1 atom stereocenters. The first-order chi connectivity index (χ1) is 13.0. The Morgan fingerprint density at radius 3 is 2.93 bits per heavy atom. The fourth-order valence-corrected chi connectivity index (χ4v) is 4.88. The van der Waals surface area contributed by atoms with Gasteiger partial charge in [0, 0.05) is 30.5 Å². The second-order valence-electron chi connectivity index (χ2n) is 7.82. The third-order valence-electron chi connectivity index (χ3n) is 6.04. The van der Waals surface area contributed by atoms with E-state index in [1.165, 1.54) is 18.2 Å². The van der Waals surface area contributed by atoms with Crippen LogP contribution in [0.1, 0.15) is 67.0 Å². The second-order valence-corrected chi connectivity index (χ2v) is 8.26.